The smallest absolute Gasteiger partial charge is 0.310 e. The second kappa shape index (κ2) is 64.3. The van der Waals surface area contributed by atoms with Crippen molar-refractivity contribution in [3.8, 4) is 0 Å². The maximum Gasteiger partial charge on any atom is 0.310 e. The van der Waals surface area contributed by atoms with Crippen molar-refractivity contribution >= 4 is 17.9 Å². The maximum atomic E-state index is 12.8. The van der Waals surface area contributed by atoms with Gasteiger partial charge >= 0.3 is 17.9 Å². The van der Waals surface area contributed by atoms with Crippen LogP contribution in [-0.2, 0) is 28.6 Å². The predicted octanol–water partition coefficient (Wildman–Crippen LogP) is 22.0. The van der Waals surface area contributed by atoms with Crippen LogP contribution in [0.3, 0.4) is 0 Å². The Labute approximate surface area is 475 Å². The van der Waals surface area contributed by atoms with Gasteiger partial charge in [-0.15, -0.1) is 0 Å². The van der Waals surface area contributed by atoms with Gasteiger partial charge in [0.15, 0.2) is 6.10 Å². The van der Waals surface area contributed by atoms with Crippen molar-refractivity contribution in [3.63, 3.8) is 0 Å². The molecule has 1 atom stereocenters. The zero-order valence-corrected chi connectivity index (χ0v) is 50.2. The van der Waals surface area contributed by atoms with E-state index in [1.807, 2.05) is 12.2 Å². The van der Waals surface area contributed by atoms with Crippen LogP contribution in [0.2, 0.25) is 0 Å². The molecule has 77 heavy (non-hydrogen) atoms. The Bertz CT molecular complexity index is 1600. The lowest BCUT2D eigenvalue weighted by molar-refractivity contribution is -0.166. The van der Waals surface area contributed by atoms with Crippen LogP contribution in [0.5, 0.6) is 0 Å². The quantitative estimate of drug-likeness (QED) is 0.0261. The van der Waals surface area contributed by atoms with Gasteiger partial charge in [-0.05, 0) is 70.6 Å². The monoisotopic (exact) mass is 1070 g/mol. The average Bonchev–Trinajstić information content (AvgIpc) is 3.43. The molecule has 0 N–H and O–H groups in total. The second-order valence-electron chi connectivity index (χ2n) is 21.0. The van der Waals surface area contributed by atoms with Gasteiger partial charge in [0.2, 0.25) is 0 Å². The molecule has 0 radical (unpaired) electrons. The van der Waals surface area contributed by atoms with Crippen LogP contribution in [0.4, 0.5) is 0 Å². The van der Waals surface area contributed by atoms with Crippen molar-refractivity contribution < 1.29 is 28.6 Å². The first-order chi connectivity index (χ1) is 38.0. The summed E-state index contributed by atoms with van der Waals surface area (Å²) in [6.07, 6.45) is 90.0. The number of allylic oxidation sites excluding steroid dienone is 18. The number of hydrogen-bond acceptors (Lipinski definition) is 6. The Kier molecular flexibility index (Phi) is 60.8. The fourth-order valence-corrected chi connectivity index (χ4v) is 8.83. The highest BCUT2D eigenvalue weighted by Gasteiger charge is 2.19. The Morgan fingerprint density at radius 2 is 0.506 bits per heavy atom. The average molecular weight is 1070 g/mol. The Balaban J connectivity index is 4.34. The van der Waals surface area contributed by atoms with Crippen LogP contribution >= 0.6 is 0 Å². The number of ether oxygens (including phenoxy) is 3. The molecule has 0 fully saturated rings. The fraction of sp³-hybridized carbons (Fsp3) is 0.676. The molecule has 438 valence electrons. The summed E-state index contributed by atoms with van der Waals surface area (Å²) in [6, 6.07) is 0. The molecule has 0 aromatic rings. The van der Waals surface area contributed by atoms with Gasteiger partial charge in [0.1, 0.15) is 13.2 Å². The molecule has 0 aliphatic carbocycles. The van der Waals surface area contributed by atoms with Gasteiger partial charge in [-0.25, -0.2) is 0 Å². The van der Waals surface area contributed by atoms with E-state index in [0.29, 0.717) is 12.8 Å². The predicted molar refractivity (Wildman–Crippen MR) is 334 cm³/mol. The Morgan fingerprint density at radius 3 is 0.792 bits per heavy atom. The molecule has 6 heteroatoms. The number of unbranched alkanes of at least 4 members (excludes halogenated alkanes) is 28. The summed E-state index contributed by atoms with van der Waals surface area (Å²) in [4.78, 5) is 38.1. The van der Waals surface area contributed by atoms with Crippen molar-refractivity contribution in [1.82, 2.24) is 0 Å². The van der Waals surface area contributed by atoms with E-state index < -0.39 is 18.0 Å². The Morgan fingerprint density at radius 1 is 0.273 bits per heavy atom. The van der Waals surface area contributed by atoms with E-state index in [0.717, 1.165) is 77.0 Å². The number of carbonyl (C=O) groups is 3. The Hall–Kier alpha value is -4.19. The minimum Gasteiger partial charge on any atom is -0.462 e. The number of carbonyl (C=O) groups excluding carboxylic acids is 3. The van der Waals surface area contributed by atoms with Crippen molar-refractivity contribution in [2.45, 2.75) is 297 Å². The van der Waals surface area contributed by atoms with E-state index in [-0.39, 0.29) is 32.0 Å². The normalized spacial score (nSPS) is 12.9. The first kappa shape index (κ1) is 72.8. The molecule has 0 aromatic heterocycles. The lowest BCUT2D eigenvalue weighted by Gasteiger charge is -2.17. The van der Waals surface area contributed by atoms with Crippen LogP contribution in [0.25, 0.3) is 0 Å². The zero-order valence-electron chi connectivity index (χ0n) is 50.2. The maximum absolute atomic E-state index is 12.8. The summed E-state index contributed by atoms with van der Waals surface area (Å²) in [6.45, 7) is 6.26. The molecule has 0 aliphatic rings. The van der Waals surface area contributed by atoms with Crippen LogP contribution in [-0.4, -0.2) is 37.2 Å². The molecule has 0 saturated heterocycles. The third-order valence-corrected chi connectivity index (χ3v) is 13.5. The number of hydrogen-bond donors (Lipinski definition) is 0. The first-order valence-corrected chi connectivity index (χ1v) is 32.0. The molecule has 0 amide bonds. The third kappa shape index (κ3) is 62.5. The summed E-state index contributed by atoms with van der Waals surface area (Å²) >= 11 is 0. The summed E-state index contributed by atoms with van der Waals surface area (Å²) in [5.74, 6) is -1.21. The molecule has 0 spiro atoms. The van der Waals surface area contributed by atoms with E-state index >= 15 is 0 Å². The standard InChI is InChI=1S/C71H118O6/c1-4-7-10-13-16-19-22-25-28-29-30-31-32-33-34-35-36-37-38-39-40-41-44-46-49-52-55-58-61-64-70(73)76-67-68(77-71(74)65-62-59-56-53-50-47-43-27-24-21-18-15-12-9-6-3)66-75-69(72)63-60-57-54-51-48-45-42-26-23-20-17-14-11-8-5-2/h8-9,11-12,17-18,20-21,26-27,42-43,48,50-51,53,57,59-60,62,68H,4-7,10,13-16,19,22-25,28-41,44-47,49,52,54-56,58,61,63-67H2,1-3H3/b11-8-,12-9-,20-17-,21-18-,42-26-,43-27-,51-48-,53-50-,60-57-,62-59-. The van der Waals surface area contributed by atoms with Gasteiger partial charge in [0.05, 0.1) is 12.8 Å². The number of esters is 3. The van der Waals surface area contributed by atoms with E-state index in [9.17, 15) is 14.4 Å². The molecule has 0 bridgehead atoms. The van der Waals surface area contributed by atoms with Crippen molar-refractivity contribution in [2.75, 3.05) is 13.2 Å². The van der Waals surface area contributed by atoms with Crippen LogP contribution in [0.15, 0.2) is 122 Å². The van der Waals surface area contributed by atoms with Crippen molar-refractivity contribution in [3.05, 3.63) is 122 Å². The van der Waals surface area contributed by atoms with E-state index in [1.54, 1.807) is 12.2 Å². The van der Waals surface area contributed by atoms with Gasteiger partial charge < -0.3 is 14.2 Å². The molecule has 0 aliphatic heterocycles. The highest BCUT2D eigenvalue weighted by atomic mass is 16.6. The lowest BCUT2D eigenvalue weighted by Crippen LogP contribution is -2.30. The fourth-order valence-electron chi connectivity index (χ4n) is 8.83. The summed E-state index contributed by atoms with van der Waals surface area (Å²) in [5, 5.41) is 0. The van der Waals surface area contributed by atoms with Gasteiger partial charge in [-0.2, -0.15) is 0 Å². The van der Waals surface area contributed by atoms with Gasteiger partial charge in [-0.1, -0.05) is 322 Å². The summed E-state index contributed by atoms with van der Waals surface area (Å²) in [7, 11) is 0. The molecular formula is C71H118O6. The molecular weight excluding hydrogens is 949 g/mol. The van der Waals surface area contributed by atoms with Crippen LogP contribution in [0, 0.1) is 0 Å². The van der Waals surface area contributed by atoms with Crippen LogP contribution in [0.1, 0.15) is 290 Å². The summed E-state index contributed by atoms with van der Waals surface area (Å²) in [5.41, 5.74) is 0. The zero-order chi connectivity index (χ0) is 55.7. The second-order valence-corrected chi connectivity index (χ2v) is 21.0. The SMILES string of the molecule is CC/C=C\C/C=C\C/C=C\C/C=C\C/C=C\CC(=O)OCC(COC(=O)CCCCCCCCCCCCCCCCCCCCCCCCCCCCCCC)OC(=O)C/C=C\C/C=C\C/C=C\C/C=C\C/C=C\CC. The van der Waals surface area contributed by atoms with Gasteiger partial charge in [0, 0.05) is 6.42 Å². The molecule has 0 aromatic carbocycles. The van der Waals surface area contributed by atoms with E-state index in [4.69, 9.17) is 14.2 Å². The lowest BCUT2D eigenvalue weighted by atomic mass is 10.0. The number of rotatable bonds is 57. The van der Waals surface area contributed by atoms with Crippen molar-refractivity contribution in [2.24, 2.45) is 0 Å². The topological polar surface area (TPSA) is 78.9 Å². The summed E-state index contributed by atoms with van der Waals surface area (Å²) < 4.78 is 16.7. The van der Waals surface area contributed by atoms with Gasteiger partial charge in [0.25, 0.3) is 0 Å². The molecule has 6 nitrogen and oxygen atoms in total. The minimum absolute atomic E-state index is 0.0750. The molecule has 0 heterocycles. The van der Waals surface area contributed by atoms with E-state index in [2.05, 4.69) is 118 Å². The van der Waals surface area contributed by atoms with Crippen molar-refractivity contribution in [1.29, 1.82) is 0 Å². The molecule has 0 saturated carbocycles. The molecule has 1 unspecified atom stereocenters. The molecule has 0 rings (SSSR count). The van der Waals surface area contributed by atoms with Gasteiger partial charge in [-0.3, -0.25) is 14.4 Å². The van der Waals surface area contributed by atoms with E-state index in [1.165, 1.54) is 167 Å². The van der Waals surface area contributed by atoms with Crippen LogP contribution < -0.4 is 0 Å². The first-order valence-electron chi connectivity index (χ1n) is 32.0. The largest absolute Gasteiger partial charge is 0.462 e. The highest BCUT2D eigenvalue weighted by molar-refractivity contribution is 5.72. The highest BCUT2D eigenvalue weighted by Crippen LogP contribution is 2.17. The minimum atomic E-state index is -0.875. The third-order valence-electron chi connectivity index (χ3n) is 13.5.